The number of benzene rings is 2. The Bertz CT molecular complexity index is 514. The van der Waals surface area contributed by atoms with Gasteiger partial charge in [0.25, 0.3) is 0 Å². The minimum Gasteiger partial charge on any atom is -0.550 e. The average molecular weight is 249 g/mol. The standard InChI is InChI=1S/C14H13NO2.Na/c16-14(17)10-11-6-4-5-9-13(11)15-12-7-2-1-3-8-12;/h1-9,15H,10H2,(H,16,17);/q;+1/p-1. The maximum absolute atomic E-state index is 10.6. The topological polar surface area (TPSA) is 52.2 Å². The Morgan fingerprint density at radius 3 is 2.28 bits per heavy atom. The van der Waals surface area contributed by atoms with Crippen molar-refractivity contribution in [3.8, 4) is 0 Å². The first-order valence-electron chi connectivity index (χ1n) is 5.35. The molecule has 0 atom stereocenters. The van der Waals surface area contributed by atoms with Gasteiger partial charge in [-0.1, -0.05) is 36.4 Å². The number of aliphatic carboxylic acids is 1. The normalized spacial score (nSPS) is 9.33. The summed E-state index contributed by atoms with van der Waals surface area (Å²) in [7, 11) is 0. The van der Waals surface area contributed by atoms with Gasteiger partial charge in [0.1, 0.15) is 0 Å². The van der Waals surface area contributed by atoms with E-state index in [2.05, 4.69) is 5.32 Å². The van der Waals surface area contributed by atoms with Crippen molar-refractivity contribution in [3.05, 3.63) is 60.2 Å². The van der Waals surface area contributed by atoms with E-state index in [1.807, 2.05) is 48.5 Å². The van der Waals surface area contributed by atoms with Crippen molar-refractivity contribution < 1.29 is 39.5 Å². The van der Waals surface area contributed by atoms with Crippen LogP contribution in [-0.2, 0) is 11.2 Å². The number of carboxylic acid groups (broad SMARTS) is 1. The average Bonchev–Trinajstić information content (AvgIpc) is 2.32. The van der Waals surface area contributed by atoms with Gasteiger partial charge in [-0.05, 0) is 23.8 Å². The van der Waals surface area contributed by atoms with Crippen LogP contribution in [0.1, 0.15) is 5.56 Å². The molecule has 0 aromatic heterocycles. The van der Waals surface area contributed by atoms with Gasteiger partial charge in [-0.2, -0.15) is 0 Å². The Balaban J connectivity index is 0.00000162. The van der Waals surface area contributed by atoms with Gasteiger partial charge in [-0.15, -0.1) is 0 Å². The number of para-hydroxylation sites is 2. The van der Waals surface area contributed by atoms with Crippen LogP contribution in [0.4, 0.5) is 11.4 Å². The number of rotatable bonds is 4. The summed E-state index contributed by atoms with van der Waals surface area (Å²) in [5, 5.41) is 13.8. The van der Waals surface area contributed by atoms with Crippen LogP contribution in [-0.4, -0.2) is 5.97 Å². The minimum atomic E-state index is -1.08. The molecule has 4 heteroatoms. The van der Waals surface area contributed by atoms with E-state index in [0.29, 0.717) is 0 Å². The van der Waals surface area contributed by atoms with Crippen molar-refractivity contribution in [1.82, 2.24) is 0 Å². The molecule has 0 spiro atoms. The molecule has 86 valence electrons. The van der Waals surface area contributed by atoms with Gasteiger partial charge in [0.15, 0.2) is 0 Å². The summed E-state index contributed by atoms with van der Waals surface area (Å²) < 4.78 is 0. The second-order valence-corrected chi connectivity index (χ2v) is 3.70. The van der Waals surface area contributed by atoms with Crippen molar-refractivity contribution in [2.75, 3.05) is 5.32 Å². The summed E-state index contributed by atoms with van der Waals surface area (Å²) in [5.41, 5.74) is 2.44. The number of carboxylic acids is 1. The molecule has 0 fully saturated rings. The second-order valence-electron chi connectivity index (χ2n) is 3.70. The van der Waals surface area contributed by atoms with Crippen LogP contribution >= 0.6 is 0 Å². The van der Waals surface area contributed by atoms with Crippen LogP contribution < -0.4 is 40.0 Å². The Morgan fingerprint density at radius 1 is 1.00 bits per heavy atom. The summed E-state index contributed by atoms with van der Waals surface area (Å²) in [6, 6.07) is 16.9. The first-order chi connectivity index (χ1) is 8.25. The predicted octanol–water partition coefficient (Wildman–Crippen LogP) is -1.27. The van der Waals surface area contributed by atoms with Gasteiger partial charge in [-0.25, -0.2) is 0 Å². The number of carbonyl (C=O) groups excluding carboxylic acids is 1. The fourth-order valence-electron chi connectivity index (χ4n) is 1.63. The van der Waals surface area contributed by atoms with Gasteiger partial charge in [-0.3, -0.25) is 0 Å². The third-order valence-corrected chi connectivity index (χ3v) is 2.40. The summed E-state index contributed by atoms with van der Waals surface area (Å²) in [4.78, 5) is 10.6. The van der Waals surface area contributed by atoms with E-state index in [4.69, 9.17) is 0 Å². The molecule has 2 aromatic rings. The summed E-state index contributed by atoms with van der Waals surface area (Å²) in [5.74, 6) is -1.08. The van der Waals surface area contributed by atoms with E-state index in [1.54, 1.807) is 6.07 Å². The van der Waals surface area contributed by atoms with Crippen LogP contribution in [0, 0.1) is 0 Å². The molecular weight excluding hydrogens is 237 g/mol. The predicted molar refractivity (Wildman–Crippen MR) is 64.9 cm³/mol. The van der Waals surface area contributed by atoms with Crippen LogP contribution in [0.5, 0.6) is 0 Å². The molecule has 0 aliphatic carbocycles. The quantitative estimate of drug-likeness (QED) is 0.687. The molecule has 18 heavy (non-hydrogen) atoms. The van der Waals surface area contributed by atoms with Crippen LogP contribution in [0.25, 0.3) is 0 Å². The van der Waals surface area contributed by atoms with Crippen molar-refractivity contribution in [2.24, 2.45) is 0 Å². The summed E-state index contributed by atoms with van der Waals surface area (Å²) >= 11 is 0. The molecular formula is C14H12NNaO2. The number of nitrogens with one attached hydrogen (secondary N) is 1. The Morgan fingerprint density at radius 2 is 1.61 bits per heavy atom. The van der Waals surface area contributed by atoms with E-state index >= 15 is 0 Å². The Kier molecular flexibility index (Phi) is 5.92. The zero-order chi connectivity index (χ0) is 12.1. The zero-order valence-corrected chi connectivity index (χ0v) is 12.2. The molecule has 0 aliphatic heterocycles. The monoisotopic (exact) mass is 249 g/mol. The van der Waals surface area contributed by atoms with E-state index in [-0.39, 0.29) is 36.0 Å². The van der Waals surface area contributed by atoms with Crippen LogP contribution in [0.15, 0.2) is 54.6 Å². The third-order valence-electron chi connectivity index (χ3n) is 2.40. The molecule has 2 rings (SSSR count). The maximum Gasteiger partial charge on any atom is 1.00 e. The fourth-order valence-corrected chi connectivity index (χ4v) is 1.63. The molecule has 0 radical (unpaired) electrons. The molecule has 0 saturated carbocycles. The number of anilines is 2. The molecule has 1 N–H and O–H groups in total. The number of hydrogen-bond donors (Lipinski definition) is 1. The molecule has 0 unspecified atom stereocenters. The number of carbonyl (C=O) groups is 1. The SMILES string of the molecule is O=C([O-])Cc1ccccc1Nc1ccccc1.[Na+]. The van der Waals surface area contributed by atoms with E-state index < -0.39 is 5.97 Å². The minimum absolute atomic E-state index is 0. The first kappa shape index (κ1) is 14.8. The molecule has 0 aliphatic rings. The first-order valence-corrected chi connectivity index (χ1v) is 5.35. The van der Waals surface area contributed by atoms with Gasteiger partial charge in [0.05, 0.1) is 0 Å². The summed E-state index contributed by atoms with van der Waals surface area (Å²) in [6.07, 6.45) is -0.0873. The third kappa shape index (κ3) is 4.18. The largest absolute Gasteiger partial charge is 1.00 e. The summed E-state index contributed by atoms with van der Waals surface area (Å²) in [6.45, 7) is 0. The zero-order valence-electron chi connectivity index (χ0n) is 10.2. The molecule has 2 aromatic carbocycles. The fraction of sp³-hybridized carbons (Fsp3) is 0.0714. The van der Waals surface area contributed by atoms with Gasteiger partial charge in [0, 0.05) is 23.8 Å². The van der Waals surface area contributed by atoms with Crippen LogP contribution in [0.2, 0.25) is 0 Å². The molecule has 0 bridgehead atoms. The molecule has 3 nitrogen and oxygen atoms in total. The van der Waals surface area contributed by atoms with Gasteiger partial charge >= 0.3 is 29.6 Å². The molecule has 0 saturated heterocycles. The van der Waals surface area contributed by atoms with Crippen molar-refractivity contribution in [2.45, 2.75) is 6.42 Å². The Labute approximate surface area is 128 Å². The maximum atomic E-state index is 10.6. The van der Waals surface area contributed by atoms with Gasteiger partial charge in [0.2, 0.25) is 0 Å². The van der Waals surface area contributed by atoms with E-state index in [9.17, 15) is 9.90 Å². The smallest absolute Gasteiger partial charge is 0.550 e. The van der Waals surface area contributed by atoms with Crippen LogP contribution in [0.3, 0.4) is 0 Å². The van der Waals surface area contributed by atoms with Crippen molar-refractivity contribution in [1.29, 1.82) is 0 Å². The van der Waals surface area contributed by atoms with Crippen molar-refractivity contribution in [3.63, 3.8) is 0 Å². The molecule has 0 heterocycles. The van der Waals surface area contributed by atoms with E-state index in [1.165, 1.54) is 0 Å². The Hall–Kier alpha value is -1.29. The van der Waals surface area contributed by atoms with E-state index in [0.717, 1.165) is 16.9 Å². The van der Waals surface area contributed by atoms with Crippen molar-refractivity contribution >= 4 is 17.3 Å². The second kappa shape index (κ2) is 7.21. The molecule has 0 amide bonds. The van der Waals surface area contributed by atoms with Gasteiger partial charge < -0.3 is 15.2 Å². The number of hydrogen-bond acceptors (Lipinski definition) is 3.